The number of hydrogen-bond donors (Lipinski definition) is 1. The minimum atomic E-state index is -2.11. The molecule has 11 heteroatoms. The standard InChI is InChI=1S/C33H33FIN5O4/c1-4-43-29-26-28(39(21-36-26)30-32(2,34)27(41)25(20-35)44-30)37-31(38-29)40(42-3)33(22-14-8-5-9-15-22,23-16-10-6-11-17-23)24-18-12-7-13-19-24/h5-19,21,25,27,30,41H,4,20H2,1-3H3/t25-,27-,30-,32?/m1/s1. The molecule has 0 bridgehead atoms. The molecule has 1 aliphatic rings. The van der Waals surface area contributed by atoms with E-state index in [1.165, 1.54) is 17.8 Å². The van der Waals surface area contributed by atoms with E-state index in [4.69, 9.17) is 24.3 Å². The first-order chi connectivity index (χ1) is 21.4. The fourth-order valence-corrected chi connectivity index (χ4v) is 6.67. The molecule has 1 N–H and O–H groups in total. The predicted octanol–water partition coefficient (Wildman–Crippen LogP) is 6.01. The Morgan fingerprint density at radius 2 is 1.52 bits per heavy atom. The van der Waals surface area contributed by atoms with Crippen LogP contribution in [-0.4, -0.2) is 60.6 Å². The van der Waals surface area contributed by atoms with E-state index < -0.39 is 29.6 Å². The number of imidazole rings is 1. The number of alkyl halides is 2. The van der Waals surface area contributed by atoms with Gasteiger partial charge >= 0.3 is 0 Å². The van der Waals surface area contributed by atoms with E-state index in [2.05, 4.69) is 27.6 Å². The number of fused-ring (bicyclic) bond motifs is 1. The number of hydroxylamine groups is 1. The second-order valence-electron chi connectivity index (χ2n) is 10.6. The molecule has 6 rings (SSSR count). The largest absolute Gasteiger partial charge is 0.476 e. The number of nitrogens with zero attached hydrogens (tertiary/aromatic N) is 5. The Bertz CT molecular complexity index is 1610. The van der Waals surface area contributed by atoms with Crippen molar-refractivity contribution in [1.29, 1.82) is 0 Å². The van der Waals surface area contributed by atoms with Crippen molar-refractivity contribution in [2.45, 2.75) is 43.5 Å². The van der Waals surface area contributed by atoms with Gasteiger partial charge in [-0.05, 0) is 30.5 Å². The third kappa shape index (κ3) is 4.91. The van der Waals surface area contributed by atoms with Gasteiger partial charge in [-0.2, -0.15) is 15.0 Å². The van der Waals surface area contributed by atoms with Crippen LogP contribution in [0.15, 0.2) is 97.3 Å². The van der Waals surface area contributed by atoms with Crippen molar-refractivity contribution >= 4 is 39.7 Å². The van der Waals surface area contributed by atoms with Crippen LogP contribution in [0.3, 0.4) is 0 Å². The SMILES string of the molecule is CCOc1nc(N(OC)C(c2ccccc2)(c2ccccc2)c2ccccc2)nc2c1ncn2[C@@H]1O[C@H](CI)[C@@H](O)C1(C)F. The quantitative estimate of drug-likeness (QED) is 0.0817. The number of aliphatic hydroxyl groups excluding tert-OH is 1. The Hall–Kier alpha value is -3.65. The first-order valence-corrected chi connectivity index (χ1v) is 15.9. The van der Waals surface area contributed by atoms with E-state index in [9.17, 15) is 5.11 Å². The Morgan fingerprint density at radius 1 is 0.977 bits per heavy atom. The van der Waals surface area contributed by atoms with Gasteiger partial charge in [0.2, 0.25) is 5.88 Å². The number of benzene rings is 3. The van der Waals surface area contributed by atoms with Gasteiger partial charge in [0.1, 0.15) is 11.6 Å². The monoisotopic (exact) mass is 709 g/mol. The van der Waals surface area contributed by atoms with Crippen LogP contribution >= 0.6 is 22.6 Å². The number of anilines is 1. The van der Waals surface area contributed by atoms with Crippen LogP contribution in [0.25, 0.3) is 11.2 Å². The average Bonchev–Trinajstić information content (AvgIpc) is 3.58. The number of aliphatic hydroxyl groups is 1. The van der Waals surface area contributed by atoms with E-state index in [1.54, 1.807) is 12.2 Å². The molecule has 0 radical (unpaired) electrons. The highest BCUT2D eigenvalue weighted by molar-refractivity contribution is 14.1. The van der Waals surface area contributed by atoms with Gasteiger partial charge in [-0.1, -0.05) is 114 Å². The molecule has 1 unspecified atom stereocenters. The van der Waals surface area contributed by atoms with Crippen LogP contribution in [0, 0.1) is 0 Å². The van der Waals surface area contributed by atoms with Crippen LogP contribution in [-0.2, 0) is 15.1 Å². The Morgan fingerprint density at radius 3 is 1.98 bits per heavy atom. The molecule has 4 atom stereocenters. The Kier molecular flexibility index (Phi) is 8.55. The van der Waals surface area contributed by atoms with Crippen molar-refractivity contribution in [3.63, 3.8) is 0 Å². The zero-order chi connectivity index (χ0) is 30.9. The lowest BCUT2D eigenvalue weighted by molar-refractivity contribution is -0.0413. The van der Waals surface area contributed by atoms with Gasteiger partial charge in [0.05, 0.1) is 26.1 Å². The van der Waals surface area contributed by atoms with Gasteiger partial charge in [-0.25, -0.2) is 9.37 Å². The van der Waals surface area contributed by atoms with Crippen LogP contribution < -0.4 is 9.80 Å². The van der Waals surface area contributed by atoms with Crippen molar-refractivity contribution in [1.82, 2.24) is 19.5 Å². The molecule has 0 amide bonds. The molecule has 228 valence electrons. The minimum absolute atomic E-state index is 0.159. The molecule has 2 aromatic heterocycles. The fraction of sp³-hybridized carbons (Fsp3) is 0.303. The Balaban J connectivity index is 1.64. The second-order valence-corrected chi connectivity index (χ2v) is 11.5. The van der Waals surface area contributed by atoms with Crippen molar-refractivity contribution in [3.8, 4) is 5.88 Å². The molecule has 3 aromatic carbocycles. The molecule has 0 saturated carbocycles. The van der Waals surface area contributed by atoms with Gasteiger partial charge in [-0.3, -0.25) is 9.40 Å². The van der Waals surface area contributed by atoms with E-state index in [-0.39, 0.29) is 17.5 Å². The first-order valence-electron chi connectivity index (χ1n) is 14.3. The molecule has 0 spiro atoms. The van der Waals surface area contributed by atoms with Crippen LogP contribution in [0.4, 0.5) is 10.3 Å². The zero-order valence-corrected chi connectivity index (χ0v) is 26.7. The van der Waals surface area contributed by atoms with E-state index in [0.29, 0.717) is 16.6 Å². The van der Waals surface area contributed by atoms with Crippen molar-refractivity contribution in [3.05, 3.63) is 114 Å². The van der Waals surface area contributed by atoms with Crippen molar-refractivity contribution in [2.75, 3.05) is 23.2 Å². The highest BCUT2D eigenvalue weighted by Crippen LogP contribution is 2.46. The molecular weight excluding hydrogens is 676 g/mol. The summed E-state index contributed by atoms with van der Waals surface area (Å²) < 4.78 is 30.0. The van der Waals surface area contributed by atoms with E-state index in [1.807, 2.05) is 97.9 Å². The van der Waals surface area contributed by atoms with E-state index in [0.717, 1.165) is 16.7 Å². The zero-order valence-electron chi connectivity index (χ0n) is 24.5. The van der Waals surface area contributed by atoms with Gasteiger partial charge in [-0.15, -0.1) is 0 Å². The molecule has 0 aliphatic carbocycles. The molecule has 3 heterocycles. The van der Waals surface area contributed by atoms with Gasteiger partial charge < -0.3 is 14.6 Å². The summed E-state index contributed by atoms with van der Waals surface area (Å²) in [6.45, 7) is 3.49. The second kappa shape index (κ2) is 12.4. The average molecular weight is 710 g/mol. The lowest BCUT2D eigenvalue weighted by Crippen LogP contribution is -2.48. The summed E-state index contributed by atoms with van der Waals surface area (Å²) in [5.41, 5.74) is 0.139. The normalized spacial score (nSPS) is 21.9. The maximum absolute atomic E-state index is 16.1. The lowest BCUT2D eigenvalue weighted by Gasteiger charge is -2.43. The fourth-order valence-electron chi connectivity index (χ4n) is 5.98. The summed E-state index contributed by atoms with van der Waals surface area (Å²) in [5, 5.41) is 12.4. The van der Waals surface area contributed by atoms with Crippen LogP contribution in [0.1, 0.15) is 36.8 Å². The highest BCUT2D eigenvalue weighted by Gasteiger charge is 2.55. The summed E-state index contributed by atoms with van der Waals surface area (Å²) in [5.74, 6) is 0.368. The summed E-state index contributed by atoms with van der Waals surface area (Å²) >= 11 is 2.08. The Labute approximate surface area is 268 Å². The summed E-state index contributed by atoms with van der Waals surface area (Å²) in [4.78, 5) is 20.6. The van der Waals surface area contributed by atoms with E-state index >= 15 is 4.39 Å². The maximum Gasteiger partial charge on any atom is 0.256 e. The number of halogens is 2. The highest BCUT2D eigenvalue weighted by atomic mass is 127. The van der Waals surface area contributed by atoms with Crippen LogP contribution in [0.2, 0.25) is 0 Å². The maximum atomic E-state index is 16.1. The number of ether oxygens (including phenoxy) is 2. The topological polar surface area (TPSA) is 94.8 Å². The molecule has 1 saturated heterocycles. The van der Waals surface area contributed by atoms with Gasteiger partial charge in [0.25, 0.3) is 5.95 Å². The predicted molar refractivity (Wildman–Crippen MR) is 174 cm³/mol. The molecular formula is C33H33FIN5O4. The summed E-state index contributed by atoms with van der Waals surface area (Å²) in [7, 11) is 1.56. The smallest absolute Gasteiger partial charge is 0.256 e. The van der Waals surface area contributed by atoms with Gasteiger partial charge in [0, 0.05) is 4.43 Å². The van der Waals surface area contributed by atoms with Gasteiger partial charge in [0.15, 0.2) is 23.1 Å². The number of hydrogen-bond acceptors (Lipinski definition) is 8. The molecule has 1 aliphatic heterocycles. The van der Waals surface area contributed by atoms with Crippen molar-refractivity contribution < 1.29 is 23.8 Å². The summed E-state index contributed by atoms with van der Waals surface area (Å²) in [6, 6.07) is 29.9. The lowest BCUT2D eigenvalue weighted by atomic mass is 9.76. The third-order valence-electron chi connectivity index (χ3n) is 8.02. The molecule has 9 nitrogen and oxygen atoms in total. The van der Waals surface area contributed by atoms with Crippen LogP contribution in [0.5, 0.6) is 5.88 Å². The third-order valence-corrected chi connectivity index (χ3v) is 8.89. The number of rotatable bonds is 10. The molecule has 44 heavy (non-hydrogen) atoms. The van der Waals surface area contributed by atoms with Crippen molar-refractivity contribution in [2.24, 2.45) is 0 Å². The first kappa shape index (κ1) is 30.4. The molecule has 1 fully saturated rings. The summed E-state index contributed by atoms with van der Waals surface area (Å²) in [6.07, 6.45) is -1.76. The molecule has 5 aromatic rings. The number of aromatic nitrogens is 4. The minimum Gasteiger partial charge on any atom is -0.476 e.